The quantitative estimate of drug-likeness (QED) is 0.885. The standard InChI is InChI=1S/C16H25NO2/c1-6-12-8-10-13(11-9-12)19-14(7-2)15(18)17-16(3,4)5/h8-11,14H,6-7H2,1-5H3,(H,17,18). The zero-order valence-electron chi connectivity index (χ0n) is 12.6. The summed E-state index contributed by atoms with van der Waals surface area (Å²) in [6.45, 7) is 9.96. The summed E-state index contributed by atoms with van der Waals surface area (Å²) in [6, 6.07) is 7.91. The highest BCUT2D eigenvalue weighted by Crippen LogP contribution is 2.16. The number of nitrogens with one attached hydrogen (secondary N) is 1. The van der Waals surface area contributed by atoms with Gasteiger partial charge < -0.3 is 10.1 Å². The largest absolute Gasteiger partial charge is 0.481 e. The smallest absolute Gasteiger partial charge is 0.261 e. The molecule has 0 bridgehead atoms. The van der Waals surface area contributed by atoms with Crippen LogP contribution in [0.4, 0.5) is 0 Å². The van der Waals surface area contributed by atoms with Gasteiger partial charge in [-0.15, -0.1) is 0 Å². The van der Waals surface area contributed by atoms with E-state index in [2.05, 4.69) is 12.2 Å². The lowest BCUT2D eigenvalue weighted by Crippen LogP contribution is -2.47. The van der Waals surface area contributed by atoms with Crippen molar-refractivity contribution in [3.63, 3.8) is 0 Å². The summed E-state index contributed by atoms with van der Waals surface area (Å²) < 4.78 is 5.76. The Labute approximate surface area is 116 Å². The van der Waals surface area contributed by atoms with Crippen molar-refractivity contribution in [3.8, 4) is 5.75 Å². The van der Waals surface area contributed by atoms with Gasteiger partial charge >= 0.3 is 0 Å². The van der Waals surface area contributed by atoms with E-state index in [-0.39, 0.29) is 11.4 Å². The number of amides is 1. The Hall–Kier alpha value is -1.51. The molecule has 0 radical (unpaired) electrons. The van der Waals surface area contributed by atoms with Crippen molar-refractivity contribution in [3.05, 3.63) is 29.8 Å². The SMILES string of the molecule is CCc1ccc(OC(CC)C(=O)NC(C)(C)C)cc1. The van der Waals surface area contributed by atoms with Crippen molar-refractivity contribution < 1.29 is 9.53 Å². The van der Waals surface area contributed by atoms with Crippen LogP contribution in [0.15, 0.2) is 24.3 Å². The Morgan fingerprint density at radius 3 is 2.21 bits per heavy atom. The molecule has 0 aromatic heterocycles. The van der Waals surface area contributed by atoms with Gasteiger partial charge in [-0.3, -0.25) is 4.79 Å². The molecule has 1 N–H and O–H groups in total. The highest BCUT2D eigenvalue weighted by atomic mass is 16.5. The third-order valence-electron chi connectivity index (χ3n) is 2.77. The van der Waals surface area contributed by atoms with E-state index in [1.54, 1.807) is 0 Å². The van der Waals surface area contributed by atoms with Crippen LogP contribution in [0.25, 0.3) is 0 Å². The first kappa shape index (κ1) is 15.5. The molecular weight excluding hydrogens is 238 g/mol. The molecule has 1 rings (SSSR count). The topological polar surface area (TPSA) is 38.3 Å². The first-order valence-corrected chi connectivity index (χ1v) is 6.93. The molecule has 1 amide bonds. The summed E-state index contributed by atoms with van der Waals surface area (Å²) in [5.41, 5.74) is 1.03. The van der Waals surface area contributed by atoms with Crippen LogP contribution in [0.2, 0.25) is 0 Å². The fraction of sp³-hybridized carbons (Fsp3) is 0.562. The van der Waals surface area contributed by atoms with Crippen LogP contribution in [0, 0.1) is 0 Å². The summed E-state index contributed by atoms with van der Waals surface area (Å²) in [6.07, 6.45) is 1.21. The number of hydrogen-bond donors (Lipinski definition) is 1. The van der Waals surface area contributed by atoms with Gasteiger partial charge in [0.25, 0.3) is 5.91 Å². The van der Waals surface area contributed by atoms with Crippen molar-refractivity contribution in [1.82, 2.24) is 5.32 Å². The predicted octanol–water partition coefficient (Wildman–Crippen LogP) is 3.32. The van der Waals surface area contributed by atoms with Gasteiger partial charge in [0.1, 0.15) is 5.75 Å². The first-order chi connectivity index (χ1) is 8.85. The van der Waals surface area contributed by atoms with Crippen molar-refractivity contribution >= 4 is 5.91 Å². The van der Waals surface area contributed by atoms with Crippen LogP contribution >= 0.6 is 0 Å². The highest BCUT2D eigenvalue weighted by Gasteiger charge is 2.22. The maximum absolute atomic E-state index is 12.1. The number of benzene rings is 1. The van der Waals surface area contributed by atoms with Crippen LogP contribution < -0.4 is 10.1 Å². The fourth-order valence-corrected chi connectivity index (χ4v) is 1.74. The van der Waals surface area contributed by atoms with E-state index in [0.717, 1.165) is 12.2 Å². The van der Waals surface area contributed by atoms with Gasteiger partial charge in [0, 0.05) is 5.54 Å². The average molecular weight is 263 g/mol. The van der Waals surface area contributed by atoms with Gasteiger partial charge in [0.15, 0.2) is 6.10 Å². The lowest BCUT2D eigenvalue weighted by Gasteiger charge is -2.25. The van der Waals surface area contributed by atoms with E-state index in [0.29, 0.717) is 6.42 Å². The molecule has 0 spiro atoms. The average Bonchev–Trinajstić information content (AvgIpc) is 2.34. The van der Waals surface area contributed by atoms with Crippen molar-refractivity contribution in [2.24, 2.45) is 0 Å². The number of carbonyl (C=O) groups excluding carboxylic acids is 1. The third kappa shape index (κ3) is 5.33. The molecule has 0 aliphatic rings. The lowest BCUT2D eigenvalue weighted by molar-refractivity contribution is -0.129. The zero-order valence-corrected chi connectivity index (χ0v) is 12.6. The summed E-state index contributed by atoms with van der Waals surface area (Å²) in [5, 5.41) is 2.95. The van der Waals surface area contributed by atoms with Gasteiger partial charge in [0.05, 0.1) is 0 Å². The Bertz CT molecular complexity index is 404. The van der Waals surface area contributed by atoms with Crippen LogP contribution in [0.3, 0.4) is 0 Å². The van der Waals surface area contributed by atoms with E-state index in [4.69, 9.17) is 4.74 Å². The second-order valence-corrected chi connectivity index (χ2v) is 5.75. The van der Waals surface area contributed by atoms with Gasteiger partial charge in [-0.1, -0.05) is 26.0 Å². The molecule has 0 heterocycles. The van der Waals surface area contributed by atoms with Gasteiger partial charge in [0.2, 0.25) is 0 Å². The first-order valence-electron chi connectivity index (χ1n) is 6.93. The number of hydrogen-bond acceptors (Lipinski definition) is 2. The monoisotopic (exact) mass is 263 g/mol. The number of carbonyl (C=O) groups is 1. The van der Waals surface area contributed by atoms with Crippen LogP contribution in [-0.4, -0.2) is 17.6 Å². The molecule has 106 valence electrons. The lowest BCUT2D eigenvalue weighted by atomic mass is 10.1. The summed E-state index contributed by atoms with van der Waals surface area (Å²) in [5.74, 6) is 0.683. The maximum Gasteiger partial charge on any atom is 0.261 e. The second kappa shape index (κ2) is 6.60. The van der Waals surface area contributed by atoms with Crippen molar-refractivity contribution in [1.29, 1.82) is 0 Å². The number of ether oxygens (including phenoxy) is 1. The van der Waals surface area contributed by atoms with Gasteiger partial charge in [-0.25, -0.2) is 0 Å². The Morgan fingerprint density at radius 1 is 1.21 bits per heavy atom. The molecular formula is C16H25NO2. The molecule has 1 unspecified atom stereocenters. The van der Waals surface area contributed by atoms with Gasteiger partial charge in [-0.2, -0.15) is 0 Å². The molecule has 0 saturated heterocycles. The van der Waals surface area contributed by atoms with Crippen molar-refractivity contribution in [2.45, 2.75) is 59.1 Å². The maximum atomic E-state index is 12.1. The van der Waals surface area contributed by atoms with E-state index >= 15 is 0 Å². The number of aryl methyl sites for hydroxylation is 1. The van der Waals surface area contributed by atoms with Crippen LogP contribution in [-0.2, 0) is 11.2 Å². The Balaban J connectivity index is 2.67. The minimum Gasteiger partial charge on any atom is -0.481 e. The summed E-state index contributed by atoms with van der Waals surface area (Å²) >= 11 is 0. The molecule has 3 heteroatoms. The van der Waals surface area contributed by atoms with Gasteiger partial charge in [-0.05, 0) is 51.3 Å². The van der Waals surface area contributed by atoms with E-state index in [1.807, 2.05) is 52.0 Å². The Kier molecular flexibility index (Phi) is 5.40. The third-order valence-corrected chi connectivity index (χ3v) is 2.77. The van der Waals surface area contributed by atoms with E-state index < -0.39 is 6.10 Å². The summed E-state index contributed by atoms with van der Waals surface area (Å²) in [7, 11) is 0. The van der Waals surface area contributed by atoms with Crippen molar-refractivity contribution in [2.75, 3.05) is 0 Å². The molecule has 1 aromatic carbocycles. The second-order valence-electron chi connectivity index (χ2n) is 5.75. The fourth-order valence-electron chi connectivity index (χ4n) is 1.74. The van der Waals surface area contributed by atoms with E-state index in [1.165, 1.54) is 5.56 Å². The van der Waals surface area contributed by atoms with E-state index in [9.17, 15) is 4.79 Å². The molecule has 0 aliphatic heterocycles. The highest BCUT2D eigenvalue weighted by molar-refractivity contribution is 5.81. The molecule has 3 nitrogen and oxygen atoms in total. The minimum atomic E-state index is -0.438. The zero-order chi connectivity index (χ0) is 14.5. The predicted molar refractivity (Wildman–Crippen MR) is 78.4 cm³/mol. The molecule has 1 atom stereocenters. The summed E-state index contributed by atoms with van der Waals surface area (Å²) in [4.78, 5) is 12.1. The molecule has 19 heavy (non-hydrogen) atoms. The molecule has 0 aliphatic carbocycles. The Morgan fingerprint density at radius 2 is 1.79 bits per heavy atom. The molecule has 0 fully saturated rings. The van der Waals surface area contributed by atoms with Crippen LogP contribution in [0.5, 0.6) is 5.75 Å². The molecule has 1 aromatic rings. The number of rotatable bonds is 5. The minimum absolute atomic E-state index is 0.0606. The molecule has 0 saturated carbocycles. The van der Waals surface area contributed by atoms with Crippen LogP contribution in [0.1, 0.15) is 46.6 Å². The normalized spacial score (nSPS) is 12.9.